The highest BCUT2D eigenvalue weighted by Gasteiger charge is 2.59. The summed E-state index contributed by atoms with van der Waals surface area (Å²) in [7, 11) is -20.0. The average molecular weight is 841 g/mol. The van der Waals surface area contributed by atoms with Gasteiger partial charge in [0.05, 0.1) is 10.2 Å². The minimum absolute atomic E-state index is 0.323. The number of benzene rings is 1. The quantitative estimate of drug-likeness (QED) is 0.127. The van der Waals surface area contributed by atoms with Crippen molar-refractivity contribution in [2.24, 2.45) is 0 Å². The summed E-state index contributed by atoms with van der Waals surface area (Å²) in [4.78, 5) is 0. The molecule has 0 aliphatic carbocycles. The normalized spacial score (nSPS) is 14.6. The van der Waals surface area contributed by atoms with Gasteiger partial charge in [0.25, 0.3) is 0 Å². The highest BCUT2D eigenvalue weighted by molar-refractivity contribution is 6.89. The zero-order valence-electron chi connectivity index (χ0n) is 34.0. The Balaban J connectivity index is 4.51. The molecule has 0 aromatic heterocycles. The zero-order chi connectivity index (χ0) is 38.2. The van der Waals surface area contributed by atoms with E-state index >= 15 is 0 Å². The van der Waals surface area contributed by atoms with Gasteiger partial charge in [-0.3, -0.25) is 0 Å². The van der Waals surface area contributed by atoms with Gasteiger partial charge in [-0.05, 0) is 154 Å². The van der Waals surface area contributed by atoms with Gasteiger partial charge >= 0.3 is 18.1 Å². The van der Waals surface area contributed by atoms with E-state index < -0.39 is 76.3 Å². The fourth-order valence-electron chi connectivity index (χ4n) is 4.15. The van der Waals surface area contributed by atoms with Crippen molar-refractivity contribution in [3.63, 3.8) is 0 Å². The summed E-state index contributed by atoms with van der Waals surface area (Å²) >= 11 is 0. The molecule has 0 aliphatic heterocycles. The Labute approximate surface area is 307 Å². The summed E-state index contributed by atoms with van der Waals surface area (Å²) in [5.74, 6) is 1.16. The second-order valence-corrected chi connectivity index (χ2v) is 56.5. The topological polar surface area (TPSA) is 83.1 Å². The first-order valence-corrected chi connectivity index (χ1v) is 44.3. The van der Waals surface area contributed by atoms with Gasteiger partial charge in [-0.25, -0.2) is 0 Å². The van der Waals surface area contributed by atoms with Crippen LogP contribution in [0, 0.1) is 0 Å². The molecule has 0 fully saturated rings. The maximum absolute atomic E-state index is 7.23. The molecule has 0 N–H and O–H groups in total. The molecule has 9 nitrogen and oxygen atoms in total. The average Bonchev–Trinajstić information content (AvgIpc) is 2.69. The summed E-state index contributed by atoms with van der Waals surface area (Å²) in [5, 5.41) is 0.606. The van der Waals surface area contributed by atoms with Gasteiger partial charge in [0.2, 0.25) is 8.32 Å². The third-order valence-corrected chi connectivity index (χ3v) is 27.9. The van der Waals surface area contributed by atoms with E-state index in [1.54, 1.807) is 6.08 Å². The van der Waals surface area contributed by atoms with Gasteiger partial charge in [0.1, 0.15) is 5.75 Å². The fourth-order valence-corrected chi connectivity index (χ4v) is 28.5. The summed E-state index contributed by atoms with van der Waals surface area (Å²) in [5.41, 5.74) is 0.759. The molecule has 0 amide bonds. The van der Waals surface area contributed by atoms with Crippen LogP contribution in [0.25, 0.3) is 6.08 Å². The van der Waals surface area contributed by atoms with Crippen molar-refractivity contribution >= 4 is 97.8 Å². The lowest BCUT2D eigenvalue weighted by Crippen LogP contribution is -2.65. The minimum atomic E-state index is -3.93. The summed E-state index contributed by atoms with van der Waals surface area (Å²) in [6, 6.07) is 1.92. The Morgan fingerprint density at radius 3 is 0.938 bits per heavy atom. The van der Waals surface area contributed by atoms with Gasteiger partial charge in [0, 0.05) is 0 Å². The zero-order valence-corrected chi connectivity index (χ0v) is 44.0. The van der Waals surface area contributed by atoms with Crippen LogP contribution >= 0.6 is 0 Å². The first-order chi connectivity index (χ1) is 20.9. The summed E-state index contributed by atoms with van der Waals surface area (Å²) in [6.07, 6.45) is 1.76. The van der Waals surface area contributed by atoms with Crippen LogP contribution in [0.5, 0.6) is 17.2 Å². The van der Waals surface area contributed by atoms with Gasteiger partial charge < -0.3 is 38.0 Å². The number of hydrogen-bond acceptors (Lipinski definition) is 9. The van der Waals surface area contributed by atoms with Crippen LogP contribution in [0.1, 0.15) is 5.56 Å². The molecular formula is C29H67O9Si10. The number of rotatable bonds is 19. The van der Waals surface area contributed by atoms with Crippen LogP contribution in [0.2, 0.25) is 137 Å². The molecule has 3 radical (unpaired) electrons. The molecule has 1 aromatic rings. The van der Waals surface area contributed by atoms with E-state index in [1.165, 1.54) is 0 Å². The highest BCUT2D eigenvalue weighted by atomic mass is 28.5. The Morgan fingerprint density at radius 2 is 0.708 bits per heavy atom. The van der Waals surface area contributed by atoms with Crippen molar-refractivity contribution in [2.45, 2.75) is 137 Å². The highest BCUT2D eigenvalue weighted by Crippen LogP contribution is 2.44. The predicted octanol–water partition coefficient (Wildman–Crippen LogP) is 9.07. The molecule has 19 heteroatoms. The maximum Gasteiger partial charge on any atom is 0.717 e. The molecule has 1 rings (SSSR count). The van der Waals surface area contributed by atoms with Crippen LogP contribution < -0.4 is 18.5 Å². The van der Waals surface area contributed by atoms with E-state index in [0.717, 1.165) is 5.56 Å². The van der Waals surface area contributed by atoms with Crippen molar-refractivity contribution in [1.29, 1.82) is 0 Å². The van der Waals surface area contributed by atoms with Gasteiger partial charge in [0.15, 0.2) is 61.4 Å². The molecule has 0 saturated heterocycles. The Morgan fingerprint density at radius 1 is 0.438 bits per heavy atom. The van der Waals surface area contributed by atoms with E-state index in [0.29, 0.717) is 22.4 Å². The predicted molar refractivity (Wildman–Crippen MR) is 225 cm³/mol. The smallest absolute Gasteiger partial charge is 0.542 e. The molecule has 0 aliphatic rings. The van der Waals surface area contributed by atoms with E-state index in [-0.39, 0.29) is 0 Å². The SMILES string of the molecule is C=Cc1cc(O[Si](C)(C)C)c(O[Si](O[Si](C)(C)C)(O[Si](C)(C)C)O[Si](C)(C)C)c(O[Si](O[Si](C)(C)C)(O[Si](C)(C)C)O[Si](C)(C)C)c1[Si]. The van der Waals surface area contributed by atoms with Crippen molar-refractivity contribution in [2.75, 3.05) is 0 Å². The second kappa shape index (κ2) is 15.7. The van der Waals surface area contributed by atoms with E-state index in [9.17, 15) is 0 Å². The maximum atomic E-state index is 7.23. The molecule has 0 unspecified atom stereocenters. The third-order valence-electron chi connectivity index (χ3n) is 4.91. The number of hydrogen-bond donors (Lipinski definition) is 0. The molecule has 0 atom stereocenters. The first kappa shape index (κ1) is 46.3. The molecule has 0 heterocycles. The lowest BCUT2D eigenvalue weighted by Gasteiger charge is -2.43. The molecule has 1 aromatic carbocycles. The van der Waals surface area contributed by atoms with E-state index in [4.69, 9.17) is 38.0 Å². The Bertz CT molecular complexity index is 1170. The van der Waals surface area contributed by atoms with Crippen molar-refractivity contribution in [3.8, 4) is 17.2 Å². The standard InChI is InChI=1S/C29H67O9Si10/c1-23-25-24-26(30-40(2,3)4)27(31-47(33-41(5,6)7,34-42(8,9)10)35-43(11,12)13)28(29(25)39)32-48(36-44(14,15)16,37-45(17,18)19)38-46(20,21)22/h23-24H,1H2,2-22H3. The minimum Gasteiger partial charge on any atom is -0.542 e. The Hall–Kier alpha value is 0.289. The van der Waals surface area contributed by atoms with Crippen molar-refractivity contribution < 1.29 is 38.0 Å². The van der Waals surface area contributed by atoms with Crippen molar-refractivity contribution in [1.82, 2.24) is 0 Å². The van der Waals surface area contributed by atoms with Crippen LogP contribution in [-0.2, 0) is 24.7 Å². The monoisotopic (exact) mass is 839 g/mol. The molecular weight excluding hydrogens is 773 g/mol. The van der Waals surface area contributed by atoms with Crippen LogP contribution in [0.4, 0.5) is 0 Å². The molecule has 277 valence electrons. The molecule has 0 bridgehead atoms. The molecule has 0 spiro atoms. The first-order valence-electron chi connectivity index (χ1n) is 16.7. The van der Waals surface area contributed by atoms with Gasteiger partial charge in [-0.15, -0.1) is 0 Å². The Kier molecular flexibility index (Phi) is 15.2. The van der Waals surface area contributed by atoms with Crippen molar-refractivity contribution in [3.05, 3.63) is 18.2 Å². The van der Waals surface area contributed by atoms with E-state index in [2.05, 4.69) is 154 Å². The van der Waals surface area contributed by atoms with E-state index in [1.807, 2.05) is 6.07 Å². The fraction of sp³-hybridized carbons (Fsp3) is 0.724. The molecule has 0 saturated carbocycles. The second-order valence-electron chi connectivity index (χ2n) is 18.9. The summed E-state index contributed by atoms with van der Waals surface area (Å²) < 4.78 is 63.0. The van der Waals surface area contributed by atoms with Crippen LogP contribution in [0.3, 0.4) is 0 Å². The third kappa shape index (κ3) is 17.7. The van der Waals surface area contributed by atoms with Crippen LogP contribution in [-0.4, -0.2) is 86.6 Å². The lowest BCUT2D eigenvalue weighted by molar-refractivity contribution is 0.135. The summed E-state index contributed by atoms with van der Waals surface area (Å²) in [6.45, 7) is 48.7. The molecule has 48 heavy (non-hydrogen) atoms. The lowest BCUT2D eigenvalue weighted by atomic mass is 10.2. The largest absolute Gasteiger partial charge is 0.717 e. The van der Waals surface area contributed by atoms with Gasteiger partial charge in [-0.1, -0.05) is 12.7 Å². The van der Waals surface area contributed by atoms with Crippen LogP contribution in [0.15, 0.2) is 12.6 Å². The van der Waals surface area contributed by atoms with Gasteiger partial charge in [-0.2, -0.15) is 0 Å².